The van der Waals surface area contributed by atoms with E-state index in [1.807, 2.05) is 42.5 Å². The SMILES string of the molecule is Cc1c(C=Nn2c(-c3cc4cc(Cl)ccc4o3)nc3ccccc3c2=O)c2ccccc2n1C(C)C. The van der Waals surface area contributed by atoms with E-state index in [-0.39, 0.29) is 11.6 Å². The number of benzene rings is 3. The van der Waals surface area contributed by atoms with E-state index in [9.17, 15) is 4.79 Å². The van der Waals surface area contributed by atoms with E-state index in [0.29, 0.717) is 33.1 Å². The number of rotatable bonds is 4. The van der Waals surface area contributed by atoms with Crippen LogP contribution in [0.3, 0.4) is 0 Å². The Labute approximate surface area is 212 Å². The van der Waals surface area contributed by atoms with E-state index in [1.165, 1.54) is 4.68 Å². The number of para-hydroxylation sites is 2. The van der Waals surface area contributed by atoms with Crippen LogP contribution in [0.4, 0.5) is 0 Å². The second kappa shape index (κ2) is 8.50. The van der Waals surface area contributed by atoms with Crippen molar-refractivity contribution in [1.29, 1.82) is 0 Å². The van der Waals surface area contributed by atoms with Crippen LogP contribution in [0.25, 0.3) is 44.4 Å². The summed E-state index contributed by atoms with van der Waals surface area (Å²) in [7, 11) is 0. The molecule has 0 aliphatic rings. The van der Waals surface area contributed by atoms with E-state index in [2.05, 4.69) is 37.5 Å². The topological polar surface area (TPSA) is 65.3 Å². The number of fused-ring (bicyclic) bond motifs is 3. The molecule has 6 aromatic rings. The van der Waals surface area contributed by atoms with Crippen molar-refractivity contribution >= 4 is 50.6 Å². The number of furan rings is 1. The van der Waals surface area contributed by atoms with Gasteiger partial charge in [0.25, 0.3) is 5.56 Å². The quantitative estimate of drug-likeness (QED) is 0.243. The van der Waals surface area contributed by atoms with Gasteiger partial charge in [-0.15, -0.1) is 0 Å². The van der Waals surface area contributed by atoms with Crippen LogP contribution in [-0.4, -0.2) is 20.4 Å². The van der Waals surface area contributed by atoms with Gasteiger partial charge in [-0.1, -0.05) is 41.9 Å². The average Bonchev–Trinajstić information content (AvgIpc) is 3.41. The van der Waals surface area contributed by atoms with Crippen LogP contribution in [0, 0.1) is 6.92 Å². The Morgan fingerprint density at radius 3 is 2.56 bits per heavy atom. The molecule has 0 saturated carbocycles. The fraction of sp³-hybridized carbons (Fsp3) is 0.138. The number of aromatic nitrogens is 3. The summed E-state index contributed by atoms with van der Waals surface area (Å²) >= 11 is 6.17. The fourth-order valence-corrected chi connectivity index (χ4v) is 5.06. The molecule has 0 spiro atoms. The number of hydrogen-bond acceptors (Lipinski definition) is 4. The van der Waals surface area contributed by atoms with Gasteiger partial charge in [-0.3, -0.25) is 4.79 Å². The normalized spacial score (nSPS) is 12.1. The predicted molar refractivity (Wildman–Crippen MR) is 146 cm³/mol. The minimum atomic E-state index is -0.268. The maximum atomic E-state index is 13.6. The Bertz CT molecular complexity index is 1870. The van der Waals surface area contributed by atoms with Crippen LogP contribution in [0.2, 0.25) is 5.02 Å². The highest BCUT2D eigenvalue weighted by molar-refractivity contribution is 6.31. The third-order valence-electron chi connectivity index (χ3n) is 6.48. The molecule has 36 heavy (non-hydrogen) atoms. The van der Waals surface area contributed by atoms with Gasteiger partial charge in [-0.25, -0.2) is 4.98 Å². The molecule has 0 aliphatic heterocycles. The van der Waals surface area contributed by atoms with Crippen molar-refractivity contribution in [2.24, 2.45) is 5.10 Å². The lowest BCUT2D eigenvalue weighted by Gasteiger charge is -2.12. The molecule has 6 nitrogen and oxygen atoms in total. The van der Waals surface area contributed by atoms with Gasteiger partial charge in [0.15, 0.2) is 5.76 Å². The molecule has 3 aromatic carbocycles. The lowest BCUT2D eigenvalue weighted by molar-refractivity contribution is 0.607. The third kappa shape index (κ3) is 3.53. The summed E-state index contributed by atoms with van der Waals surface area (Å²) in [5.74, 6) is 0.765. The van der Waals surface area contributed by atoms with E-state index in [0.717, 1.165) is 27.5 Å². The Hall–Kier alpha value is -4.16. The highest BCUT2D eigenvalue weighted by atomic mass is 35.5. The first-order valence-electron chi connectivity index (χ1n) is 11.8. The molecule has 3 heterocycles. The zero-order chi connectivity index (χ0) is 25.0. The standard InChI is InChI=1S/C29H23ClN4O2/c1-17(2)33-18(3)23(21-8-5-7-11-25(21)33)16-31-34-28(32-24-10-6-4-9-22(24)29(34)35)27-15-19-14-20(30)12-13-26(19)36-27/h4-17H,1-3H3. The third-order valence-corrected chi connectivity index (χ3v) is 6.71. The summed E-state index contributed by atoms with van der Waals surface area (Å²) in [5, 5.41) is 7.68. The summed E-state index contributed by atoms with van der Waals surface area (Å²) in [4.78, 5) is 18.4. The first kappa shape index (κ1) is 22.3. The smallest absolute Gasteiger partial charge is 0.282 e. The van der Waals surface area contributed by atoms with Gasteiger partial charge in [0.1, 0.15) is 5.58 Å². The molecule has 0 amide bonds. The van der Waals surface area contributed by atoms with Crippen molar-refractivity contribution in [2.45, 2.75) is 26.8 Å². The van der Waals surface area contributed by atoms with Crippen molar-refractivity contribution in [1.82, 2.24) is 14.2 Å². The maximum Gasteiger partial charge on any atom is 0.282 e. The highest BCUT2D eigenvalue weighted by Gasteiger charge is 2.18. The Morgan fingerprint density at radius 2 is 1.75 bits per heavy atom. The fourth-order valence-electron chi connectivity index (χ4n) is 4.88. The second-order valence-corrected chi connectivity index (χ2v) is 9.52. The van der Waals surface area contributed by atoms with Crippen LogP contribution in [0.15, 0.2) is 87.1 Å². The number of nitrogens with zero attached hydrogens (tertiary/aromatic N) is 4. The van der Waals surface area contributed by atoms with E-state index >= 15 is 0 Å². The van der Waals surface area contributed by atoms with Gasteiger partial charge in [0.05, 0.1) is 17.1 Å². The van der Waals surface area contributed by atoms with Crippen LogP contribution in [-0.2, 0) is 0 Å². The van der Waals surface area contributed by atoms with Gasteiger partial charge < -0.3 is 8.98 Å². The zero-order valence-electron chi connectivity index (χ0n) is 20.1. The molecule has 7 heteroatoms. The van der Waals surface area contributed by atoms with Crippen LogP contribution in [0.5, 0.6) is 0 Å². The first-order chi connectivity index (χ1) is 17.4. The monoisotopic (exact) mass is 494 g/mol. The van der Waals surface area contributed by atoms with Gasteiger partial charge >= 0.3 is 0 Å². The first-order valence-corrected chi connectivity index (χ1v) is 12.2. The molecule has 3 aromatic heterocycles. The molecule has 0 bridgehead atoms. The lowest BCUT2D eigenvalue weighted by Crippen LogP contribution is -2.20. The van der Waals surface area contributed by atoms with E-state index < -0.39 is 0 Å². The Morgan fingerprint density at radius 1 is 1.00 bits per heavy atom. The van der Waals surface area contributed by atoms with Crippen LogP contribution < -0.4 is 5.56 Å². The van der Waals surface area contributed by atoms with Crippen molar-refractivity contribution in [3.8, 4) is 11.6 Å². The van der Waals surface area contributed by atoms with Crippen molar-refractivity contribution in [2.75, 3.05) is 0 Å². The predicted octanol–water partition coefficient (Wildman–Crippen LogP) is 7.19. The van der Waals surface area contributed by atoms with Crippen LogP contribution in [0.1, 0.15) is 31.1 Å². The van der Waals surface area contributed by atoms with Crippen LogP contribution >= 0.6 is 11.6 Å². The van der Waals surface area contributed by atoms with Crippen molar-refractivity contribution < 1.29 is 4.42 Å². The molecule has 0 N–H and O–H groups in total. The summed E-state index contributed by atoms with van der Waals surface area (Å²) < 4.78 is 9.68. The maximum absolute atomic E-state index is 13.6. The molecule has 6 rings (SSSR count). The molecular weight excluding hydrogens is 472 g/mol. The lowest BCUT2D eigenvalue weighted by atomic mass is 10.1. The van der Waals surface area contributed by atoms with Gasteiger partial charge in [0, 0.05) is 38.6 Å². The second-order valence-electron chi connectivity index (χ2n) is 9.09. The molecule has 178 valence electrons. The van der Waals surface area contributed by atoms with Gasteiger partial charge in [-0.05, 0) is 63.2 Å². The van der Waals surface area contributed by atoms with Gasteiger partial charge in [-0.2, -0.15) is 9.78 Å². The number of hydrogen-bond donors (Lipinski definition) is 0. The molecular formula is C29H23ClN4O2. The Kier molecular flexibility index (Phi) is 5.27. The molecule has 0 radical (unpaired) electrons. The minimum Gasteiger partial charge on any atom is -0.453 e. The molecule has 0 fully saturated rings. The molecule has 0 unspecified atom stereocenters. The minimum absolute atomic E-state index is 0.268. The summed E-state index contributed by atoms with van der Waals surface area (Å²) in [5.41, 5.74) is 4.14. The molecule has 0 saturated heterocycles. The summed E-state index contributed by atoms with van der Waals surface area (Å²) in [6.45, 7) is 6.39. The van der Waals surface area contributed by atoms with Crippen molar-refractivity contribution in [3.05, 3.63) is 99.4 Å². The Balaban J connectivity index is 1.60. The van der Waals surface area contributed by atoms with Crippen molar-refractivity contribution in [3.63, 3.8) is 0 Å². The summed E-state index contributed by atoms with van der Waals surface area (Å²) in [6.07, 6.45) is 1.75. The zero-order valence-corrected chi connectivity index (χ0v) is 20.8. The molecule has 0 aliphatic carbocycles. The number of halogens is 1. The average molecular weight is 495 g/mol. The molecule has 0 atom stereocenters. The highest BCUT2D eigenvalue weighted by Crippen LogP contribution is 2.30. The summed E-state index contributed by atoms with van der Waals surface area (Å²) in [6, 6.07) is 23.0. The largest absolute Gasteiger partial charge is 0.453 e. The van der Waals surface area contributed by atoms with Gasteiger partial charge in [0.2, 0.25) is 5.82 Å². The van der Waals surface area contributed by atoms with E-state index in [4.69, 9.17) is 26.1 Å². The van der Waals surface area contributed by atoms with E-state index in [1.54, 1.807) is 24.4 Å².